The number of ether oxygens (including phenoxy) is 1. The van der Waals surface area contributed by atoms with Gasteiger partial charge in [0.15, 0.2) is 0 Å². The molecule has 0 atom stereocenters. The molecule has 2 aromatic rings. The van der Waals surface area contributed by atoms with E-state index in [9.17, 15) is 5.11 Å². The van der Waals surface area contributed by atoms with Gasteiger partial charge in [-0.25, -0.2) is 0 Å². The van der Waals surface area contributed by atoms with Crippen LogP contribution in [0.25, 0.3) is 0 Å². The SMILES string of the molecule is CCCc1ccc(Oc2cccc(Cl)c2CO)cc1. The molecule has 3 heteroatoms. The summed E-state index contributed by atoms with van der Waals surface area (Å²) in [5, 5.41) is 9.84. The molecular formula is C16H17ClO2. The van der Waals surface area contributed by atoms with Gasteiger partial charge in [-0.1, -0.05) is 43.1 Å². The summed E-state index contributed by atoms with van der Waals surface area (Å²) in [5.41, 5.74) is 1.91. The third kappa shape index (κ3) is 3.49. The van der Waals surface area contributed by atoms with Crippen LogP contribution in [0.1, 0.15) is 24.5 Å². The van der Waals surface area contributed by atoms with E-state index in [1.807, 2.05) is 18.2 Å². The maximum Gasteiger partial charge on any atom is 0.134 e. The van der Waals surface area contributed by atoms with Crippen LogP contribution in [0.4, 0.5) is 0 Å². The molecular weight excluding hydrogens is 260 g/mol. The molecule has 0 radical (unpaired) electrons. The van der Waals surface area contributed by atoms with E-state index < -0.39 is 0 Å². The quantitative estimate of drug-likeness (QED) is 0.866. The first-order valence-electron chi connectivity index (χ1n) is 6.39. The summed E-state index contributed by atoms with van der Waals surface area (Å²) in [6, 6.07) is 13.3. The van der Waals surface area contributed by atoms with Gasteiger partial charge in [0, 0.05) is 10.6 Å². The molecule has 100 valence electrons. The lowest BCUT2D eigenvalue weighted by atomic mass is 10.1. The van der Waals surface area contributed by atoms with E-state index in [0.29, 0.717) is 16.3 Å². The average molecular weight is 277 g/mol. The first-order chi connectivity index (χ1) is 9.24. The van der Waals surface area contributed by atoms with Gasteiger partial charge in [0.2, 0.25) is 0 Å². The highest BCUT2D eigenvalue weighted by atomic mass is 35.5. The topological polar surface area (TPSA) is 29.5 Å². The van der Waals surface area contributed by atoms with Crippen LogP contribution in [-0.4, -0.2) is 5.11 Å². The maximum absolute atomic E-state index is 9.33. The zero-order chi connectivity index (χ0) is 13.7. The van der Waals surface area contributed by atoms with Crippen LogP contribution in [0.5, 0.6) is 11.5 Å². The zero-order valence-corrected chi connectivity index (χ0v) is 11.7. The van der Waals surface area contributed by atoms with E-state index in [4.69, 9.17) is 16.3 Å². The van der Waals surface area contributed by atoms with Gasteiger partial charge in [-0.15, -0.1) is 0 Å². The van der Waals surface area contributed by atoms with E-state index in [2.05, 4.69) is 19.1 Å². The molecule has 1 N–H and O–H groups in total. The highest BCUT2D eigenvalue weighted by Gasteiger charge is 2.08. The van der Waals surface area contributed by atoms with Gasteiger partial charge in [0.1, 0.15) is 11.5 Å². The number of halogens is 1. The van der Waals surface area contributed by atoms with E-state index >= 15 is 0 Å². The van der Waals surface area contributed by atoms with Gasteiger partial charge in [0.05, 0.1) is 6.61 Å². The third-order valence-corrected chi connectivity index (χ3v) is 3.28. The second-order valence-corrected chi connectivity index (χ2v) is 4.78. The number of hydrogen-bond donors (Lipinski definition) is 1. The van der Waals surface area contributed by atoms with Gasteiger partial charge in [-0.05, 0) is 36.2 Å². The van der Waals surface area contributed by atoms with Crippen LogP contribution < -0.4 is 4.74 Å². The molecule has 0 aliphatic carbocycles. The van der Waals surface area contributed by atoms with Gasteiger partial charge in [-0.2, -0.15) is 0 Å². The fourth-order valence-corrected chi connectivity index (χ4v) is 2.15. The lowest BCUT2D eigenvalue weighted by Gasteiger charge is -2.11. The van der Waals surface area contributed by atoms with Crippen molar-refractivity contribution in [3.63, 3.8) is 0 Å². The smallest absolute Gasteiger partial charge is 0.134 e. The Labute approximate surface area is 118 Å². The van der Waals surface area contributed by atoms with Crippen LogP contribution >= 0.6 is 11.6 Å². The average Bonchev–Trinajstić information content (AvgIpc) is 2.42. The summed E-state index contributed by atoms with van der Waals surface area (Å²) in [6.45, 7) is 2.02. The molecule has 0 saturated carbocycles. The Morgan fingerprint density at radius 2 is 1.84 bits per heavy atom. The van der Waals surface area contributed by atoms with Crippen molar-refractivity contribution in [3.05, 3.63) is 58.6 Å². The lowest BCUT2D eigenvalue weighted by Crippen LogP contribution is -1.93. The van der Waals surface area contributed by atoms with Gasteiger partial charge < -0.3 is 9.84 Å². The molecule has 0 aliphatic rings. The molecule has 0 heterocycles. The molecule has 0 aliphatic heterocycles. The Morgan fingerprint density at radius 3 is 2.47 bits per heavy atom. The van der Waals surface area contributed by atoms with Gasteiger partial charge in [-0.3, -0.25) is 0 Å². The minimum absolute atomic E-state index is 0.136. The normalized spacial score (nSPS) is 10.5. The first kappa shape index (κ1) is 13.9. The fraction of sp³-hybridized carbons (Fsp3) is 0.250. The lowest BCUT2D eigenvalue weighted by molar-refractivity contribution is 0.276. The van der Waals surface area contributed by atoms with Crippen LogP contribution in [0.2, 0.25) is 5.02 Å². The molecule has 0 amide bonds. The standard InChI is InChI=1S/C16H17ClO2/c1-2-4-12-7-9-13(10-8-12)19-16-6-3-5-15(17)14(16)11-18/h3,5-10,18H,2,4,11H2,1H3. The predicted octanol–water partition coefficient (Wildman–Crippen LogP) is 4.58. The molecule has 2 nitrogen and oxygen atoms in total. The van der Waals surface area contributed by atoms with Crippen molar-refractivity contribution in [2.45, 2.75) is 26.4 Å². The van der Waals surface area contributed by atoms with E-state index in [1.165, 1.54) is 5.56 Å². The first-order valence-corrected chi connectivity index (χ1v) is 6.77. The monoisotopic (exact) mass is 276 g/mol. The highest BCUT2D eigenvalue weighted by molar-refractivity contribution is 6.31. The molecule has 0 fully saturated rings. The Hall–Kier alpha value is -1.51. The van der Waals surface area contributed by atoms with E-state index in [0.717, 1.165) is 18.6 Å². The van der Waals surface area contributed by atoms with Crippen molar-refractivity contribution in [3.8, 4) is 11.5 Å². The highest BCUT2D eigenvalue weighted by Crippen LogP contribution is 2.30. The summed E-state index contributed by atoms with van der Waals surface area (Å²) in [6.07, 6.45) is 2.20. The summed E-state index contributed by atoms with van der Waals surface area (Å²) in [5.74, 6) is 1.34. The van der Waals surface area contributed by atoms with Crippen molar-refractivity contribution < 1.29 is 9.84 Å². The Bertz CT molecular complexity index is 535. The van der Waals surface area contributed by atoms with Crippen molar-refractivity contribution >= 4 is 11.6 Å². The zero-order valence-electron chi connectivity index (χ0n) is 10.9. The van der Waals surface area contributed by atoms with Gasteiger partial charge in [0.25, 0.3) is 0 Å². The van der Waals surface area contributed by atoms with Crippen molar-refractivity contribution in [1.82, 2.24) is 0 Å². The molecule has 0 bridgehead atoms. The molecule has 0 unspecified atom stereocenters. The number of benzene rings is 2. The minimum atomic E-state index is -0.136. The number of rotatable bonds is 5. The number of aryl methyl sites for hydroxylation is 1. The maximum atomic E-state index is 9.33. The van der Waals surface area contributed by atoms with E-state index in [-0.39, 0.29) is 6.61 Å². The third-order valence-electron chi connectivity index (χ3n) is 2.92. The van der Waals surface area contributed by atoms with Gasteiger partial charge >= 0.3 is 0 Å². The van der Waals surface area contributed by atoms with Crippen molar-refractivity contribution in [2.75, 3.05) is 0 Å². The number of aliphatic hydroxyl groups is 1. The summed E-state index contributed by atoms with van der Waals surface area (Å²) < 4.78 is 5.77. The molecule has 19 heavy (non-hydrogen) atoms. The summed E-state index contributed by atoms with van der Waals surface area (Å²) in [7, 11) is 0. The predicted molar refractivity (Wildman–Crippen MR) is 77.9 cm³/mol. The molecule has 2 rings (SSSR count). The summed E-state index contributed by atoms with van der Waals surface area (Å²) in [4.78, 5) is 0. The van der Waals surface area contributed by atoms with Crippen LogP contribution in [-0.2, 0) is 13.0 Å². The summed E-state index contributed by atoms with van der Waals surface area (Å²) >= 11 is 6.02. The van der Waals surface area contributed by atoms with Crippen LogP contribution in [0.15, 0.2) is 42.5 Å². The van der Waals surface area contributed by atoms with E-state index in [1.54, 1.807) is 12.1 Å². The fourth-order valence-electron chi connectivity index (χ4n) is 1.93. The number of hydrogen-bond acceptors (Lipinski definition) is 2. The number of aliphatic hydroxyl groups excluding tert-OH is 1. The second kappa shape index (κ2) is 6.60. The molecule has 2 aromatic carbocycles. The molecule has 0 spiro atoms. The van der Waals surface area contributed by atoms with Crippen LogP contribution in [0, 0.1) is 0 Å². The molecule has 0 saturated heterocycles. The minimum Gasteiger partial charge on any atom is -0.457 e. The Balaban J connectivity index is 2.19. The molecule has 0 aromatic heterocycles. The van der Waals surface area contributed by atoms with Crippen LogP contribution in [0.3, 0.4) is 0 Å². The second-order valence-electron chi connectivity index (χ2n) is 4.37. The largest absolute Gasteiger partial charge is 0.457 e. The Morgan fingerprint density at radius 1 is 1.11 bits per heavy atom. The van der Waals surface area contributed by atoms with Crippen molar-refractivity contribution in [1.29, 1.82) is 0 Å². The Kier molecular flexibility index (Phi) is 4.83. The van der Waals surface area contributed by atoms with Crippen molar-refractivity contribution in [2.24, 2.45) is 0 Å².